The summed E-state index contributed by atoms with van der Waals surface area (Å²) in [5, 5.41) is 8.95. The van der Waals surface area contributed by atoms with Crippen LogP contribution in [0.1, 0.15) is 36.8 Å². The van der Waals surface area contributed by atoms with Crippen molar-refractivity contribution in [2.75, 3.05) is 25.4 Å². The van der Waals surface area contributed by atoms with E-state index in [-0.39, 0.29) is 19.1 Å². The number of ether oxygens (including phenoxy) is 1. The van der Waals surface area contributed by atoms with Gasteiger partial charge in [0, 0.05) is 19.0 Å². The highest BCUT2D eigenvalue weighted by Crippen LogP contribution is 2.44. The van der Waals surface area contributed by atoms with Crippen molar-refractivity contribution in [3.8, 4) is 11.1 Å². The number of nitrogens with zero attached hydrogens (tertiary/aromatic N) is 1. The van der Waals surface area contributed by atoms with Crippen molar-refractivity contribution in [2.45, 2.75) is 30.4 Å². The Morgan fingerprint density at radius 2 is 1.68 bits per heavy atom. The molecule has 31 heavy (non-hydrogen) atoms. The number of piperidine rings is 1. The molecule has 1 aliphatic heterocycles. The van der Waals surface area contributed by atoms with E-state index in [0.717, 1.165) is 22.3 Å². The predicted octanol–water partition coefficient (Wildman–Crippen LogP) is 3.29. The summed E-state index contributed by atoms with van der Waals surface area (Å²) in [4.78, 5) is 25.2. The van der Waals surface area contributed by atoms with Crippen molar-refractivity contribution < 1.29 is 27.9 Å². The first kappa shape index (κ1) is 21.4. The number of benzene rings is 2. The average Bonchev–Trinajstić information content (AvgIpc) is 3.05. The van der Waals surface area contributed by atoms with E-state index in [9.17, 15) is 18.0 Å². The molecule has 0 radical (unpaired) electrons. The van der Waals surface area contributed by atoms with E-state index in [0.29, 0.717) is 19.4 Å². The molecule has 1 amide bonds. The van der Waals surface area contributed by atoms with E-state index in [1.54, 1.807) is 0 Å². The van der Waals surface area contributed by atoms with Gasteiger partial charge in [-0.25, -0.2) is 13.2 Å². The predicted molar refractivity (Wildman–Crippen MR) is 116 cm³/mol. The van der Waals surface area contributed by atoms with Crippen LogP contribution in [0.4, 0.5) is 4.79 Å². The zero-order valence-electron chi connectivity index (χ0n) is 17.3. The second kappa shape index (κ2) is 8.00. The van der Waals surface area contributed by atoms with Gasteiger partial charge in [0.1, 0.15) is 12.4 Å². The molecule has 4 rings (SSSR count). The molecule has 1 aliphatic carbocycles. The molecule has 2 aliphatic rings. The van der Waals surface area contributed by atoms with Gasteiger partial charge in [0.25, 0.3) is 0 Å². The smallest absolute Gasteiger partial charge is 0.409 e. The number of fused-ring (bicyclic) bond motifs is 3. The first-order chi connectivity index (χ1) is 14.7. The molecule has 0 saturated carbocycles. The van der Waals surface area contributed by atoms with Crippen molar-refractivity contribution in [1.29, 1.82) is 0 Å². The van der Waals surface area contributed by atoms with Crippen LogP contribution in [0, 0.1) is 0 Å². The van der Waals surface area contributed by atoms with E-state index in [4.69, 9.17) is 9.84 Å². The number of hydrogen-bond acceptors (Lipinski definition) is 5. The summed E-state index contributed by atoms with van der Waals surface area (Å²) in [6.07, 6.45) is 0.216. The van der Waals surface area contributed by atoms with Gasteiger partial charge in [0.05, 0.1) is 4.75 Å². The van der Waals surface area contributed by atoms with Gasteiger partial charge in [-0.1, -0.05) is 48.5 Å². The molecule has 8 heteroatoms. The van der Waals surface area contributed by atoms with Gasteiger partial charge in [-0.3, -0.25) is 4.79 Å². The normalized spacial score (nSPS) is 20.7. The summed E-state index contributed by atoms with van der Waals surface area (Å²) < 4.78 is 29.5. The first-order valence-electron chi connectivity index (χ1n) is 10.3. The summed E-state index contributed by atoms with van der Waals surface area (Å²) in [7, 11) is -3.91. The summed E-state index contributed by atoms with van der Waals surface area (Å²) in [6.45, 7) is 1.98. The monoisotopic (exact) mass is 443 g/mol. The van der Waals surface area contributed by atoms with E-state index in [2.05, 4.69) is 12.1 Å². The van der Waals surface area contributed by atoms with Crippen LogP contribution >= 0.6 is 0 Å². The largest absolute Gasteiger partial charge is 0.480 e. The highest BCUT2D eigenvalue weighted by atomic mass is 32.2. The van der Waals surface area contributed by atoms with Crippen LogP contribution in [0.3, 0.4) is 0 Å². The van der Waals surface area contributed by atoms with Gasteiger partial charge < -0.3 is 14.7 Å². The van der Waals surface area contributed by atoms with Gasteiger partial charge in [-0.05, 0) is 42.0 Å². The Bertz CT molecular complexity index is 1080. The van der Waals surface area contributed by atoms with Crippen LogP contribution in [-0.2, 0) is 19.4 Å². The maximum Gasteiger partial charge on any atom is 0.409 e. The fraction of sp³-hybridized carbons (Fsp3) is 0.391. The minimum absolute atomic E-state index is 0.0702. The number of amides is 1. The number of rotatable bonds is 5. The van der Waals surface area contributed by atoms with Gasteiger partial charge >= 0.3 is 12.1 Å². The molecule has 1 unspecified atom stereocenters. The topological polar surface area (TPSA) is 101 Å². The van der Waals surface area contributed by atoms with Gasteiger partial charge in [-0.15, -0.1) is 0 Å². The summed E-state index contributed by atoms with van der Waals surface area (Å²) >= 11 is 0. The highest BCUT2D eigenvalue weighted by Gasteiger charge is 2.45. The number of aliphatic carboxylic acids is 1. The molecule has 1 heterocycles. The van der Waals surface area contributed by atoms with Crippen LogP contribution in [-0.4, -0.2) is 60.7 Å². The number of carboxylic acid groups (broad SMARTS) is 1. The third-order valence-electron chi connectivity index (χ3n) is 6.32. The molecule has 1 fully saturated rings. The third-order valence-corrected chi connectivity index (χ3v) is 8.78. The van der Waals surface area contributed by atoms with Gasteiger partial charge in [0.15, 0.2) is 9.84 Å². The Balaban J connectivity index is 1.48. The first-order valence-corrected chi connectivity index (χ1v) is 11.9. The molecule has 0 aromatic heterocycles. The van der Waals surface area contributed by atoms with Crippen LogP contribution in [0.5, 0.6) is 0 Å². The SMILES string of the molecule is CC1(S(=O)(=O)CC(=O)O)CCCN(C(=O)OCC2c3ccccc3-c3ccccc32)C1. The van der Waals surface area contributed by atoms with Crippen LogP contribution in [0.15, 0.2) is 48.5 Å². The zero-order valence-corrected chi connectivity index (χ0v) is 18.1. The number of carbonyl (C=O) groups is 2. The van der Waals surface area contributed by atoms with E-state index in [1.807, 2.05) is 36.4 Å². The van der Waals surface area contributed by atoms with Crippen LogP contribution in [0.2, 0.25) is 0 Å². The Morgan fingerprint density at radius 3 is 2.26 bits per heavy atom. The van der Waals surface area contributed by atoms with Crippen molar-refractivity contribution in [1.82, 2.24) is 4.90 Å². The molecule has 0 bridgehead atoms. The van der Waals surface area contributed by atoms with Crippen molar-refractivity contribution in [3.63, 3.8) is 0 Å². The molecular formula is C23H25NO6S. The Morgan fingerprint density at radius 1 is 1.10 bits per heavy atom. The molecule has 1 saturated heterocycles. The van der Waals surface area contributed by atoms with E-state index < -0.39 is 32.4 Å². The Kier molecular flexibility index (Phi) is 5.51. The molecule has 0 spiro atoms. The lowest BCUT2D eigenvalue weighted by Crippen LogP contribution is -2.54. The average molecular weight is 444 g/mol. The second-order valence-corrected chi connectivity index (χ2v) is 10.9. The summed E-state index contributed by atoms with van der Waals surface area (Å²) in [5.41, 5.74) is 4.46. The standard InChI is InChI=1S/C23H25NO6S/c1-23(31(28,29)14-21(25)26)11-6-12-24(15-23)22(27)30-13-20-18-9-4-2-7-16(18)17-8-3-5-10-19(17)20/h2-5,7-10,20H,6,11-15H2,1H3,(H,25,26). The maximum atomic E-state index is 12.8. The molecule has 1 N–H and O–H groups in total. The minimum Gasteiger partial charge on any atom is -0.480 e. The molecule has 164 valence electrons. The quantitative estimate of drug-likeness (QED) is 0.761. The van der Waals surface area contributed by atoms with Gasteiger partial charge in [-0.2, -0.15) is 0 Å². The fourth-order valence-corrected chi connectivity index (χ4v) is 6.12. The van der Waals surface area contributed by atoms with E-state index in [1.165, 1.54) is 11.8 Å². The number of likely N-dealkylation sites (tertiary alicyclic amines) is 1. The van der Waals surface area contributed by atoms with Crippen molar-refractivity contribution in [3.05, 3.63) is 59.7 Å². The molecule has 1 atom stereocenters. The summed E-state index contributed by atoms with van der Waals surface area (Å²) in [5.74, 6) is -2.41. The maximum absolute atomic E-state index is 12.8. The lowest BCUT2D eigenvalue weighted by atomic mass is 9.98. The molecule has 7 nitrogen and oxygen atoms in total. The molecule has 2 aromatic carbocycles. The lowest BCUT2D eigenvalue weighted by molar-refractivity contribution is -0.134. The molecule has 2 aromatic rings. The minimum atomic E-state index is -3.91. The van der Waals surface area contributed by atoms with Gasteiger partial charge in [0.2, 0.25) is 0 Å². The zero-order chi connectivity index (χ0) is 22.2. The number of carbonyl (C=O) groups excluding carboxylic acids is 1. The fourth-order valence-electron chi connectivity index (χ4n) is 4.64. The number of sulfone groups is 1. The summed E-state index contributed by atoms with van der Waals surface area (Å²) in [6, 6.07) is 16.1. The van der Waals surface area contributed by atoms with Crippen LogP contribution in [0.25, 0.3) is 11.1 Å². The third kappa shape index (κ3) is 3.92. The highest BCUT2D eigenvalue weighted by molar-refractivity contribution is 7.93. The van der Waals surface area contributed by atoms with Crippen LogP contribution < -0.4 is 0 Å². The molecular weight excluding hydrogens is 418 g/mol. The lowest BCUT2D eigenvalue weighted by Gasteiger charge is -2.39. The second-order valence-electron chi connectivity index (χ2n) is 8.43. The number of carboxylic acids is 1. The van der Waals surface area contributed by atoms with E-state index >= 15 is 0 Å². The number of hydrogen-bond donors (Lipinski definition) is 1. The van der Waals surface area contributed by atoms with Crippen molar-refractivity contribution >= 4 is 21.9 Å². The Hall–Kier alpha value is -2.87. The van der Waals surface area contributed by atoms with Crippen molar-refractivity contribution in [2.24, 2.45) is 0 Å². The Labute approximate surface area is 181 Å².